The van der Waals surface area contributed by atoms with Crippen LogP contribution in [0.1, 0.15) is 24.2 Å². The van der Waals surface area contributed by atoms with Crippen molar-refractivity contribution in [2.75, 3.05) is 0 Å². The van der Waals surface area contributed by atoms with Gasteiger partial charge < -0.3 is 9.84 Å². The molecule has 0 amide bonds. The zero-order valence-electron chi connectivity index (χ0n) is 8.91. The minimum atomic E-state index is -0.963. The van der Waals surface area contributed by atoms with Crippen LogP contribution in [0, 0.1) is 11.6 Å². The molecule has 0 aliphatic carbocycles. The van der Waals surface area contributed by atoms with E-state index in [1.54, 1.807) is 0 Å². The molecule has 1 N–H and O–H groups in total. The van der Waals surface area contributed by atoms with E-state index in [1.807, 2.05) is 0 Å². The Hall–Kier alpha value is -1.49. The maximum Gasteiger partial charge on any atom is 0.191 e. The Kier molecular flexibility index (Phi) is 3.95. The number of benzene rings is 1. The summed E-state index contributed by atoms with van der Waals surface area (Å²) < 4.78 is 31.6. The summed E-state index contributed by atoms with van der Waals surface area (Å²) in [6.07, 6.45) is -1.26. The van der Waals surface area contributed by atoms with E-state index >= 15 is 0 Å². The minimum absolute atomic E-state index is 0.105. The first-order valence-corrected chi connectivity index (χ1v) is 4.74. The van der Waals surface area contributed by atoms with Crippen molar-refractivity contribution < 1.29 is 23.4 Å². The molecule has 5 heteroatoms. The van der Waals surface area contributed by atoms with E-state index in [0.717, 1.165) is 12.1 Å². The van der Waals surface area contributed by atoms with Crippen LogP contribution in [0.4, 0.5) is 8.78 Å². The number of rotatable bonds is 4. The summed E-state index contributed by atoms with van der Waals surface area (Å²) in [5.41, 5.74) is -0.105. The summed E-state index contributed by atoms with van der Waals surface area (Å²) in [4.78, 5) is 10.3. The van der Waals surface area contributed by atoms with Crippen molar-refractivity contribution in [3.8, 4) is 5.75 Å². The molecule has 0 radical (unpaired) electrons. The lowest BCUT2D eigenvalue weighted by molar-refractivity contribution is 0.0551. The van der Waals surface area contributed by atoms with Gasteiger partial charge in [-0.15, -0.1) is 0 Å². The molecule has 3 nitrogen and oxygen atoms in total. The van der Waals surface area contributed by atoms with Gasteiger partial charge in [0.25, 0.3) is 0 Å². The lowest BCUT2D eigenvalue weighted by atomic mass is 10.2. The van der Waals surface area contributed by atoms with Crippen LogP contribution in [0.15, 0.2) is 12.1 Å². The highest BCUT2D eigenvalue weighted by Gasteiger charge is 2.17. The molecule has 2 atom stereocenters. The predicted octanol–water partition coefficient (Wildman–Crippen LogP) is 1.93. The summed E-state index contributed by atoms with van der Waals surface area (Å²) in [6, 6.07) is 1.75. The van der Waals surface area contributed by atoms with Crippen molar-refractivity contribution in [2.24, 2.45) is 0 Å². The molecule has 1 rings (SSSR count). The van der Waals surface area contributed by atoms with E-state index in [9.17, 15) is 13.6 Å². The summed E-state index contributed by atoms with van der Waals surface area (Å²) in [5.74, 6) is -2.51. The maximum atomic E-state index is 13.3. The minimum Gasteiger partial charge on any atom is -0.482 e. The van der Waals surface area contributed by atoms with Crippen LogP contribution in [-0.2, 0) is 0 Å². The second kappa shape index (κ2) is 5.03. The Bertz CT molecular complexity index is 368. The molecule has 0 spiro atoms. The van der Waals surface area contributed by atoms with Gasteiger partial charge in [0, 0.05) is 5.56 Å². The van der Waals surface area contributed by atoms with E-state index in [2.05, 4.69) is 0 Å². The van der Waals surface area contributed by atoms with Gasteiger partial charge in [0.15, 0.2) is 17.4 Å². The Balaban J connectivity index is 3.01. The fourth-order valence-electron chi connectivity index (χ4n) is 1.04. The fraction of sp³-hybridized carbons (Fsp3) is 0.364. The third kappa shape index (κ3) is 2.76. The maximum absolute atomic E-state index is 13.3. The van der Waals surface area contributed by atoms with Crippen LogP contribution in [0.5, 0.6) is 5.75 Å². The van der Waals surface area contributed by atoms with Crippen LogP contribution >= 0.6 is 0 Å². The first-order chi connectivity index (χ1) is 7.45. The number of ether oxygens (including phenoxy) is 1. The van der Waals surface area contributed by atoms with Gasteiger partial charge in [-0.2, -0.15) is 0 Å². The molecule has 0 saturated carbocycles. The van der Waals surface area contributed by atoms with Crippen LogP contribution in [0.3, 0.4) is 0 Å². The van der Waals surface area contributed by atoms with Crippen molar-refractivity contribution in [3.63, 3.8) is 0 Å². The molecule has 0 aliphatic rings. The number of aldehydes is 1. The highest BCUT2D eigenvalue weighted by Crippen LogP contribution is 2.24. The molecule has 1 aromatic rings. The number of aliphatic hydroxyl groups excluding tert-OH is 1. The van der Waals surface area contributed by atoms with Gasteiger partial charge in [-0.3, -0.25) is 4.79 Å². The lowest BCUT2D eigenvalue weighted by Gasteiger charge is -2.18. The van der Waals surface area contributed by atoms with Gasteiger partial charge in [-0.1, -0.05) is 0 Å². The molecule has 16 heavy (non-hydrogen) atoms. The number of hydrogen-bond acceptors (Lipinski definition) is 3. The Morgan fingerprint density at radius 1 is 1.31 bits per heavy atom. The second-order valence-corrected chi connectivity index (χ2v) is 3.50. The van der Waals surface area contributed by atoms with Crippen LogP contribution in [-0.4, -0.2) is 23.6 Å². The van der Waals surface area contributed by atoms with E-state index in [1.165, 1.54) is 13.8 Å². The first-order valence-electron chi connectivity index (χ1n) is 4.74. The van der Waals surface area contributed by atoms with Crippen LogP contribution in [0.25, 0.3) is 0 Å². The largest absolute Gasteiger partial charge is 0.482 e. The number of halogens is 2. The molecule has 0 fully saturated rings. The van der Waals surface area contributed by atoms with Gasteiger partial charge in [-0.25, -0.2) is 8.78 Å². The molecule has 0 aromatic heterocycles. The second-order valence-electron chi connectivity index (χ2n) is 3.50. The summed E-state index contributed by atoms with van der Waals surface area (Å²) in [7, 11) is 0. The third-order valence-corrected chi connectivity index (χ3v) is 2.14. The molecule has 88 valence electrons. The summed E-state index contributed by atoms with van der Waals surface area (Å²) in [5, 5.41) is 9.14. The Morgan fingerprint density at radius 3 is 2.19 bits per heavy atom. The predicted molar refractivity (Wildman–Crippen MR) is 53.5 cm³/mol. The smallest absolute Gasteiger partial charge is 0.191 e. The van der Waals surface area contributed by atoms with E-state index in [4.69, 9.17) is 9.84 Å². The SMILES string of the molecule is CC(O)C(C)Oc1c(F)cc(C=O)cc1F. The average Bonchev–Trinajstić information content (AvgIpc) is 2.22. The van der Waals surface area contributed by atoms with Crippen molar-refractivity contribution in [3.05, 3.63) is 29.3 Å². The topological polar surface area (TPSA) is 46.5 Å². The van der Waals surface area contributed by atoms with E-state index in [0.29, 0.717) is 6.29 Å². The molecule has 1 aromatic carbocycles. The molecule has 0 aliphatic heterocycles. The van der Waals surface area contributed by atoms with Crippen molar-refractivity contribution >= 4 is 6.29 Å². The normalized spacial score (nSPS) is 14.3. The molecular weight excluding hydrogens is 218 g/mol. The molecule has 2 unspecified atom stereocenters. The average molecular weight is 230 g/mol. The highest BCUT2D eigenvalue weighted by atomic mass is 19.1. The van der Waals surface area contributed by atoms with Crippen molar-refractivity contribution in [1.29, 1.82) is 0 Å². The van der Waals surface area contributed by atoms with Crippen LogP contribution in [0.2, 0.25) is 0 Å². The quantitative estimate of drug-likeness (QED) is 0.804. The lowest BCUT2D eigenvalue weighted by Crippen LogP contribution is -2.26. The van der Waals surface area contributed by atoms with Gasteiger partial charge in [0.2, 0.25) is 0 Å². The fourth-order valence-corrected chi connectivity index (χ4v) is 1.04. The third-order valence-electron chi connectivity index (χ3n) is 2.14. The zero-order chi connectivity index (χ0) is 12.3. The standard InChI is InChI=1S/C11H12F2O3/c1-6(15)7(2)16-11-9(12)3-8(5-14)4-10(11)13/h3-7,15H,1-2H3. The van der Waals surface area contributed by atoms with Crippen molar-refractivity contribution in [2.45, 2.75) is 26.1 Å². The molecule has 0 heterocycles. The monoisotopic (exact) mass is 230 g/mol. The van der Waals surface area contributed by atoms with E-state index < -0.39 is 29.6 Å². The zero-order valence-corrected chi connectivity index (χ0v) is 8.91. The summed E-state index contributed by atoms with van der Waals surface area (Å²) in [6.45, 7) is 2.93. The first kappa shape index (κ1) is 12.6. The number of carbonyl (C=O) groups is 1. The van der Waals surface area contributed by atoms with Crippen molar-refractivity contribution in [1.82, 2.24) is 0 Å². The van der Waals surface area contributed by atoms with Gasteiger partial charge in [0.05, 0.1) is 6.10 Å². The van der Waals surface area contributed by atoms with Crippen LogP contribution < -0.4 is 4.74 Å². The molecular formula is C11H12F2O3. The highest BCUT2D eigenvalue weighted by molar-refractivity contribution is 5.75. The number of carbonyl (C=O) groups excluding carboxylic acids is 1. The Morgan fingerprint density at radius 2 is 1.81 bits per heavy atom. The van der Waals surface area contributed by atoms with Gasteiger partial charge >= 0.3 is 0 Å². The van der Waals surface area contributed by atoms with E-state index in [-0.39, 0.29) is 5.56 Å². The van der Waals surface area contributed by atoms with Gasteiger partial charge in [-0.05, 0) is 26.0 Å². The molecule has 0 bridgehead atoms. The number of aliphatic hydroxyl groups is 1. The Labute approximate surface area is 91.7 Å². The summed E-state index contributed by atoms with van der Waals surface area (Å²) >= 11 is 0. The molecule has 0 saturated heterocycles. The number of hydrogen-bond donors (Lipinski definition) is 1. The van der Waals surface area contributed by atoms with Gasteiger partial charge in [0.1, 0.15) is 12.4 Å².